The van der Waals surface area contributed by atoms with E-state index in [2.05, 4.69) is 100.0 Å². The zero-order chi connectivity index (χ0) is 26.6. The molecule has 0 amide bonds. The quantitative estimate of drug-likeness (QED) is 0.114. The summed E-state index contributed by atoms with van der Waals surface area (Å²) in [7, 11) is -1.56. The average Bonchev–Trinajstić information content (AvgIpc) is 3.37. The minimum Gasteiger partial charge on any atom is -0.726 e. The van der Waals surface area contributed by atoms with Crippen LogP contribution in [0.4, 0.5) is 10.8 Å². The highest BCUT2D eigenvalue weighted by Crippen LogP contribution is 2.42. The topological polar surface area (TPSA) is 100.0 Å². The Hall–Kier alpha value is -3.70. The molecule has 190 valence electrons. The Morgan fingerprint density at radius 1 is 0.892 bits per heavy atom. The molecule has 0 radical (unpaired) electrons. The van der Waals surface area contributed by atoms with Crippen molar-refractivity contribution in [3.63, 3.8) is 0 Å². The van der Waals surface area contributed by atoms with E-state index in [1.165, 1.54) is 10.6 Å². The highest BCUT2D eigenvalue weighted by atomic mass is 32.3. The smallest absolute Gasteiger partial charge is 0.408 e. The average molecular weight is 535 g/mol. The summed E-state index contributed by atoms with van der Waals surface area (Å²) in [6.45, 7) is 4.23. The van der Waals surface area contributed by atoms with Crippen molar-refractivity contribution in [2.75, 3.05) is 7.11 Å². The molecule has 0 bridgehead atoms. The largest absolute Gasteiger partial charge is 0.726 e. The Kier molecular flexibility index (Phi) is 7.94. The molecule has 0 fully saturated rings. The van der Waals surface area contributed by atoms with Gasteiger partial charge in [-0.1, -0.05) is 66.7 Å². The number of hydrogen-bond donors (Lipinski definition) is 0. The Labute approximate surface area is 220 Å². The van der Waals surface area contributed by atoms with Gasteiger partial charge in [0.25, 0.3) is 0 Å². The molecule has 0 aliphatic carbocycles. The third-order valence-corrected chi connectivity index (χ3v) is 7.44. The SMILES string of the molecule is COS(=O)(=O)[O-].Cc1sc(N=Nc2c(-c3ccccc3)n(-c3ccccc3)c3ccccc23)[n+](C)c1C. The fraction of sp³-hybridized carbons (Fsp3) is 0.148. The van der Waals surface area contributed by atoms with Crippen molar-refractivity contribution < 1.29 is 21.7 Å². The van der Waals surface area contributed by atoms with E-state index in [-0.39, 0.29) is 0 Å². The maximum absolute atomic E-state index is 9.22. The van der Waals surface area contributed by atoms with Gasteiger partial charge in [0.05, 0.1) is 35.4 Å². The van der Waals surface area contributed by atoms with Gasteiger partial charge in [-0.2, -0.15) is 0 Å². The Morgan fingerprint density at radius 2 is 1.46 bits per heavy atom. The lowest BCUT2D eigenvalue weighted by Crippen LogP contribution is -2.28. The molecule has 3 aromatic carbocycles. The van der Waals surface area contributed by atoms with Crippen LogP contribution in [0.25, 0.3) is 27.8 Å². The molecule has 10 heteroatoms. The van der Waals surface area contributed by atoms with Crippen molar-refractivity contribution >= 4 is 43.5 Å². The van der Waals surface area contributed by atoms with Crippen LogP contribution in [0.15, 0.2) is 95.2 Å². The fourth-order valence-corrected chi connectivity index (χ4v) is 4.78. The van der Waals surface area contributed by atoms with Gasteiger partial charge in [0, 0.05) is 16.6 Å². The van der Waals surface area contributed by atoms with E-state index in [9.17, 15) is 13.0 Å². The maximum Gasteiger partial charge on any atom is 0.408 e. The number of rotatable bonds is 5. The van der Waals surface area contributed by atoms with Crippen LogP contribution in [-0.2, 0) is 21.6 Å². The van der Waals surface area contributed by atoms with Gasteiger partial charge in [0.1, 0.15) is 11.4 Å². The van der Waals surface area contributed by atoms with Gasteiger partial charge in [-0.05, 0) is 48.5 Å². The van der Waals surface area contributed by atoms with Crippen molar-refractivity contribution in [3.05, 3.63) is 95.5 Å². The number of azo groups is 1. The van der Waals surface area contributed by atoms with Crippen molar-refractivity contribution in [1.82, 2.24) is 4.57 Å². The second kappa shape index (κ2) is 11.1. The lowest BCUT2D eigenvalue weighted by Gasteiger charge is -2.11. The molecule has 37 heavy (non-hydrogen) atoms. The molecule has 5 aromatic rings. The van der Waals surface area contributed by atoms with Crippen LogP contribution in [0.3, 0.4) is 0 Å². The number of thiazole rings is 1. The lowest BCUT2D eigenvalue weighted by atomic mass is 10.1. The van der Waals surface area contributed by atoms with Crippen LogP contribution in [0.1, 0.15) is 10.6 Å². The van der Waals surface area contributed by atoms with Gasteiger partial charge in [-0.25, -0.2) is 13.0 Å². The number of aromatic nitrogens is 2. The minimum atomic E-state index is -4.41. The van der Waals surface area contributed by atoms with Crippen LogP contribution >= 0.6 is 11.3 Å². The van der Waals surface area contributed by atoms with Crippen LogP contribution in [0, 0.1) is 13.8 Å². The molecule has 0 saturated carbocycles. The summed E-state index contributed by atoms with van der Waals surface area (Å²) in [5.41, 5.74) is 6.48. The molecule has 0 saturated heterocycles. The highest BCUT2D eigenvalue weighted by Gasteiger charge is 2.22. The van der Waals surface area contributed by atoms with Gasteiger partial charge >= 0.3 is 5.13 Å². The molecular weight excluding hydrogens is 508 g/mol. The van der Waals surface area contributed by atoms with Crippen molar-refractivity contribution in [3.8, 4) is 16.9 Å². The number of fused-ring (bicyclic) bond motifs is 1. The lowest BCUT2D eigenvalue weighted by molar-refractivity contribution is -0.660. The van der Waals surface area contributed by atoms with E-state index >= 15 is 0 Å². The monoisotopic (exact) mass is 534 g/mol. The fourth-order valence-electron chi connectivity index (χ4n) is 3.87. The standard InChI is InChI=1S/C26H23N4S.CH4O4S/c1-18-19(2)31-26(29(18)3)28-27-24-22-16-10-11-17-23(22)30(21-14-8-5-9-15-21)25(24)20-12-6-4-7-13-20;1-5-6(2,3)4/h4-17H,1-3H3;1H3,(H,2,3,4)/q+1;/p-1. The molecule has 8 nitrogen and oxygen atoms in total. The van der Waals surface area contributed by atoms with Crippen LogP contribution in [0.5, 0.6) is 0 Å². The van der Waals surface area contributed by atoms with Crippen molar-refractivity contribution in [1.29, 1.82) is 0 Å². The van der Waals surface area contributed by atoms with Gasteiger partial charge in [-0.15, -0.1) is 0 Å². The predicted octanol–water partition coefficient (Wildman–Crippen LogP) is 6.31. The molecule has 0 aliphatic heterocycles. The van der Waals surface area contributed by atoms with Gasteiger partial charge in [0.15, 0.2) is 0 Å². The summed E-state index contributed by atoms with van der Waals surface area (Å²) in [6.07, 6.45) is 0. The molecule has 2 heterocycles. The first-order valence-electron chi connectivity index (χ1n) is 11.3. The number of benzene rings is 3. The van der Waals surface area contributed by atoms with E-state index in [0.717, 1.165) is 45.8 Å². The van der Waals surface area contributed by atoms with Crippen LogP contribution in [-0.4, -0.2) is 24.6 Å². The number of hydrogen-bond acceptors (Lipinski definition) is 7. The summed E-state index contributed by atoms with van der Waals surface area (Å²) >= 11 is 1.67. The Morgan fingerprint density at radius 3 is 2.03 bits per heavy atom. The van der Waals surface area contributed by atoms with Crippen molar-refractivity contribution in [2.45, 2.75) is 13.8 Å². The summed E-state index contributed by atoms with van der Waals surface area (Å²) in [6, 6.07) is 29.3. The maximum atomic E-state index is 9.22. The van der Waals surface area contributed by atoms with Crippen LogP contribution in [0.2, 0.25) is 0 Å². The molecule has 0 unspecified atom stereocenters. The molecule has 2 aromatic heterocycles. The predicted molar refractivity (Wildman–Crippen MR) is 145 cm³/mol. The first kappa shape index (κ1) is 26.4. The van der Waals surface area contributed by atoms with E-state index in [0.29, 0.717) is 0 Å². The van der Waals surface area contributed by atoms with Gasteiger partial charge in [0.2, 0.25) is 10.4 Å². The molecule has 0 atom stereocenters. The molecule has 0 N–H and O–H groups in total. The normalized spacial score (nSPS) is 11.6. The minimum absolute atomic E-state index is 0.808. The number of para-hydroxylation sites is 2. The summed E-state index contributed by atoms with van der Waals surface area (Å²) in [5, 5.41) is 11.5. The second-order valence-corrected chi connectivity index (χ2v) is 10.4. The van der Waals surface area contributed by atoms with Gasteiger partial charge < -0.3 is 9.12 Å². The summed E-state index contributed by atoms with van der Waals surface area (Å²) < 4.78 is 35.4. The molecule has 5 rings (SSSR count). The molecule has 0 aliphatic rings. The third-order valence-electron chi connectivity index (χ3n) is 5.89. The number of aryl methyl sites for hydroxylation is 1. The summed E-state index contributed by atoms with van der Waals surface area (Å²) in [5.74, 6) is 0. The van der Waals surface area contributed by atoms with E-state index in [1.807, 2.05) is 19.2 Å². The zero-order valence-corrected chi connectivity index (χ0v) is 22.5. The van der Waals surface area contributed by atoms with Crippen LogP contribution < -0.4 is 4.57 Å². The highest BCUT2D eigenvalue weighted by molar-refractivity contribution is 7.80. The molecular formula is C27H26N4O4S2. The second-order valence-electron chi connectivity index (χ2n) is 8.11. The zero-order valence-electron chi connectivity index (χ0n) is 20.8. The van der Waals surface area contributed by atoms with Gasteiger partial charge in [-0.3, -0.25) is 4.18 Å². The van der Waals surface area contributed by atoms with E-state index < -0.39 is 10.4 Å². The van der Waals surface area contributed by atoms with E-state index in [4.69, 9.17) is 10.2 Å². The molecule has 0 spiro atoms. The Bertz CT molecular complexity index is 1660. The first-order chi connectivity index (χ1) is 17.7. The number of nitrogens with zero attached hydrogens (tertiary/aromatic N) is 4. The van der Waals surface area contributed by atoms with E-state index in [1.54, 1.807) is 11.3 Å². The third kappa shape index (κ3) is 5.83. The summed E-state index contributed by atoms with van der Waals surface area (Å²) in [4.78, 5) is 1.26. The van der Waals surface area contributed by atoms with Crippen molar-refractivity contribution in [2.24, 2.45) is 17.3 Å². The first-order valence-corrected chi connectivity index (χ1v) is 13.5. The Balaban J connectivity index is 0.000000480.